The third-order valence-corrected chi connectivity index (χ3v) is 4.45. The van der Waals surface area contributed by atoms with Gasteiger partial charge in [0.25, 0.3) is 0 Å². The van der Waals surface area contributed by atoms with Crippen molar-refractivity contribution in [2.45, 2.75) is 19.0 Å². The highest BCUT2D eigenvalue weighted by atomic mass is 19.1. The van der Waals surface area contributed by atoms with E-state index in [0.717, 1.165) is 16.3 Å². The van der Waals surface area contributed by atoms with E-state index in [-0.39, 0.29) is 24.7 Å². The summed E-state index contributed by atoms with van der Waals surface area (Å²) in [4.78, 5) is 24.7. The van der Waals surface area contributed by atoms with Gasteiger partial charge in [0.1, 0.15) is 11.9 Å². The number of aliphatic hydroxyl groups excluding tert-OH is 1. The fraction of sp³-hybridized carbons (Fsp3) is 0.182. The summed E-state index contributed by atoms with van der Waals surface area (Å²) in [5.41, 5.74) is 1.56. The molecule has 0 saturated heterocycles. The first-order valence-corrected chi connectivity index (χ1v) is 8.96. The zero-order valence-corrected chi connectivity index (χ0v) is 15.2. The van der Waals surface area contributed by atoms with Gasteiger partial charge in [-0.25, -0.2) is 4.39 Å². The topological polar surface area (TPSA) is 78.4 Å². The molecule has 1 atom stereocenters. The summed E-state index contributed by atoms with van der Waals surface area (Å²) in [5.74, 6) is -1.21. The Labute approximate surface area is 162 Å². The van der Waals surface area contributed by atoms with Crippen LogP contribution in [0.1, 0.15) is 11.1 Å². The molecule has 6 heteroatoms. The normalized spacial score (nSPS) is 11.8. The van der Waals surface area contributed by atoms with Crippen LogP contribution in [0, 0.1) is 5.82 Å². The Morgan fingerprint density at radius 2 is 1.68 bits per heavy atom. The molecule has 3 rings (SSSR count). The quantitative estimate of drug-likeness (QED) is 0.589. The maximum Gasteiger partial charge on any atom is 0.245 e. The van der Waals surface area contributed by atoms with Crippen LogP contribution in [-0.4, -0.2) is 29.6 Å². The number of aliphatic hydroxyl groups is 1. The summed E-state index contributed by atoms with van der Waals surface area (Å²) in [6.45, 7) is -0.342. The van der Waals surface area contributed by atoms with Gasteiger partial charge in [-0.3, -0.25) is 9.59 Å². The second-order valence-corrected chi connectivity index (χ2v) is 6.46. The van der Waals surface area contributed by atoms with Crippen molar-refractivity contribution in [3.05, 3.63) is 83.7 Å². The second kappa shape index (κ2) is 9.10. The first-order valence-electron chi connectivity index (χ1n) is 8.96. The molecule has 5 nitrogen and oxygen atoms in total. The fourth-order valence-electron chi connectivity index (χ4n) is 2.97. The van der Waals surface area contributed by atoms with E-state index in [1.807, 2.05) is 42.5 Å². The standard InChI is InChI=1S/C22H21FN2O3/c23-18-10-8-15(9-11-18)13-24-22(28)20(14-26)25-21(27)12-17-6-3-5-16-4-1-2-7-19(16)17/h1-11,20,26H,12-14H2,(H,24,28)(H,25,27). The van der Waals surface area contributed by atoms with Crippen molar-refractivity contribution in [3.8, 4) is 0 Å². The number of rotatable bonds is 7. The van der Waals surface area contributed by atoms with Gasteiger partial charge in [0.05, 0.1) is 13.0 Å². The van der Waals surface area contributed by atoms with Gasteiger partial charge < -0.3 is 15.7 Å². The second-order valence-electron chi connectivity index (χ2n) is 6.46. The summed E-state index contributed by atoms with van der Waals surface area (Å²) in [6, 6.07) is 18.1. The molecule has 0 aliphatic heterocycles. The molecule has 3 aromatic rings. The Bertz CT molecular complexity index is 968. The number of hydrogen-bond acceptors (Lipinski definition) is 3. The largest absolute Gasteiger partial charge is 0.394 e. The Morgan fingerprint density at radius 1 is 0.964 bits per heavy atom. The van der Waals surface area contributed by atoms with Crippen LogP contribution in [0.5, 0.6) is 0 Å². The van der Waals surface area contributed by atoms with Gasteiger partial charge >= 0.3 is 0 Å². The third-order valence-electron chi connectivity index (χ3n) is 4.45. The Morgan fingerprint density at radius 3 is 2.43 bits per heavy atom. The van der Waals surface area contributed by atoms with Crippen molar-refractivity contribution in [2.24, 2.45) is 0 Å². The van der Waals surface area contributed by atoms with Crippen LogP contribution in [0.4, 0.5) is 4.39 Å². The molecule has 3 N–H and O–H groups in total. The van der Waals surface area contributed by atoms with Crippen molar-refractivity contribution in [1.29, 1.82) is 0 Å². The van der Waals surface area contributed by atoms with E-state index in [9.17, 15) is 19.1 Å². The smallest absolute Gasteiger partial charge is 0.245 e. The Kier molecular flexibility index (Phi) is 6.34. The zero-order chi connectivity index (χ0) is 19.9. The molecule has 0 saturated carbocycles. The van der Waals surface area contributed by atoms with Crippen molar-refractivity contribution < 1.29 is 19.1 Å². The van der Waals surface area contributed by atoms with Crippen LogP contribution in [0.25, 0.3) is 10.8 Å². The highest BCUT2D eigenvalue weighted by Gasteiger charge is 2.20. The number of benzene rings is 3. The van der Waals surface area contributed by atoms with Crippen molar-refractivity contribution in [1.82, 2.24) is 10.6 Å². The minimum Gasteiger partial charge on any atom is -0.394 e. The van der Waals surface area contributed by atoms with Gasteiger partial charge in [-0.05, 0) is 34.0 Å². The van der Waals surface area contributed by atoms with Crippen LogP contribution < -0.4 is 10.6 Å². The third kappa shape index (κ3) is 4.92. The first-order chi connectivity index (χ1) is 13.6. The summed E-state index contributed by atoms with van der Waals surface area (Å²) in [7, 11) is 0. The van der Waals surface area contributed by atoms with E-state index >= 15 is 0 Å². The molecule has 144 valence electrons. The highest BCUT2D eigenvalue weighted by Crippen LogP contribution is 2.18. The molecular weight excluding hydrogens is 359 g/mol. The predicted octanol–water partition coefficient (Wildman–Crippen LogP) is 2.31. The van der Waals surface area contributed by atoms with Crippen molar-refractivity contribution in [3.63, 3.8) is 0 Å². The van der Waals surface area contributed by atoms with Gasteiger partial charge in [-0.2, -0.15) is 0 Å². The van der Waals surface area contributed by atoms with Gasteiger partial charge in [-0.15, -0.1) is 0 Å². The van der Waals surface area contributed by atoms with E-state index in [1.54, 1.807) is 12.1 Å². The molecule has 2 amide bonds. The van der Waals surface area contributed by atoms with E-state index < -0.39 is 18.6 Å². The number of halogens is 1. The summed E-state index contributed by atoms with van der Waals surface area (Å²) < 4.78 is 12.9. The van der Waals surface area contributed by atoms with Crippen molar-refractivity contribution >= 4 is 22.6 Å². The number of carbonyl (C=O) groups excluding carboxylic acids is 2. The SMILES string of the molecule is O=C(Cc1cccc2ccccc12)NC(CO)C(=O)NCc1ccc(F)cc1. The monoisotopic (exact) mass is 380 g/mol. The Hall–Kier alpha value is -3.25. The fourth-order valence-corrected chi connectivity index (χ4v) is 2.97. The zero-order valence-electron chi connectivity index (χ0n) is 15.2. The van der Waals surface area contributed by atoms with E-state index in [2.05, 4.69) is 10.6 Å². The molecule has 28 heavy (non-hydrogen) atoms. The number of fused-ring (bicyclic) bond motifs is 1. The minimum atomic E-state index is -1.05. The lowest BCUT2D eigenvalue weighted by Crippen LogP contribution is -2.49. The lowest BCUT2D eigenvalue weighted by molar-refractivity contribution is -0.129. The van der Waals surface area contributed by atoms with E-state index in [0.29, 0.717) is 5.56 Å². The number of hydrogen-bond donors (Lipinski definition) is 3. The molecule has 0 heterocycles. The molecule has 1 unspecified atom stereocenters. The molecule has 0 bridgehead atoms. The summed E-state index contributed by atoms with van der Waals surface area (Å²) in [6.07, 6.45) is 0.100. The molecule has 0 spiro atoms. The molecule has 0 aromatic heterocycles. The maximum atomic E-state index is 12.9. The highest BCUT2D eigenvalue weighted by molar-refractivity contribution is 5.92. The number of carbonyl (C=O) groups is 2. The Balaban J connectivity index is 1.59. The average molecular weight is 380 g/mol. The average Bonchev–Trinajstić information content (AvgIpc) is 2.71. The molecule has 0 fully saturated rings. The maximum absolute atomic E-state index is 12.9. The molecule has 3 aromatic carbocycles. The predicted molar refractivity (Wildman–Crippen MR) is 105 cm³/mol. The number of nitrogens with one attached hydrogen (secondary N) is 2. The summed E-state index contributed by atoms with van der Waals surface area (Å²) >= 11 is 0. The van der Waals surface area contributed by atoms with Gasteiger partial charge in [0, 0.05) is 6.54 Å². The van der Waals surface area contributed by atoms with Crippen molar-refractivity contribution in [2.75, 3.05) is 6.61 Å². The molecule has 0 radical (unpaired) electrons. The van der Waals surface area contributed by atoms with E-state index in [1.165, 1.54) is 12.1 Å². The number of amides is 2. The lowest BCUT2D eigenvalue weighted by atomic mass is 10.0. The summed E-state index contributed by atoms with van der Waals surface area (Å²) in [5, 5.41) is 16.7. The first kappa shape index (κ1) is 19.5. The van der Waals surface area contributed by atoms with Crippen LogP contribution in [-0.2, 0) is 22.6 Å². The van der Waals surface area contributed by atoms with Gasteiger partial charge in [0.2, 0.25) is 11.8 Å². The van der Waals surface area contributed by atoms with Crippen LogP contribution in [0.3, 0.4) is 0 Å². The lowest BCUT2D eigenvalue weighted by Gasteiger charge is -2.16. The van der Waals surface area contributed by atoms with Crippen LogP contribution >= 0.6 is 0 Å². The molecular formula is C22H21FN2O3. The van der Waals surface area contributed by atoms with Gasteiger partial charge in [-0.1, -0.05) is 54.6 Å². The van der Waals surface area contributed by atoms with Crippen LogP contribution in [0.2, 0.25) is 0 Å². The van der Waals surface area contributed by atoms with Crippen LogP contribution in [0.15, 0.2) is 66.7 Å². The molecule has 0 aliphatic rings. The molecule has 0 aliphatic carbocycles. The van der Waals surface area contributed by atoms with E-state index in [4.69, 9.17) is 0 Å². The van der Waals surface area contributed by atoms with Gasteiger partial charge in [0.15, 0.2) is 0 Å². The minimum absolute atomic E-state index is 0.100.